The van der Waals surface area contributed by atoms with Gasteiger partial charge in [-0.1, -0.05) is 25.3 Å². The summed E-state index contributed by atoms with van der Waals surface area (Å²) < 4.78 is 29.9. The van der Waals surface area contributed by atoms with E-state index < -0.39 is 0 Å². The first-order valence-electron chi connectivity index (χ1n) is 15.2. The number of hydrogen-bond acceptors (Lipinski definition) is 4. The minimum Gasteiger partial charge on any atom is -0.487 e. The molecule has 0 aliphatic carbocycles. The van der Waals surface area contributed by atoms with Crippen molar-refractivity contribution in [1.29, 1.82) is 0 Å². The van der Waals surface area contributed by atoms with E-state index in [1.807, 2.05) is 52.0 Å². The highest BCUT2D eigenvalue weighted by atomic mass is 79.9. The molecular formula is C39H34Br8O4. The number of ether oxygens (including phenoxy) is 4. The van der Waals surface area contributed by atoms with Crippen LogP contribution in [0.25, 0.3) is 11.1 Å². The second kappa shape index (κ2) is 21.7. The number of benzene rings is 4. The molecule has 0 heterocycles. The summed E-state index contributed by atoms with van der Waals surface area (Å²) in [6.45, 7) is 16.2. The van der Waals surface area contributed by atoms with Gasteiger partial charge in [0.05, 0.1) is 48.3 Å². The first kappa shape index (κ1) is 44.3. The average molecular weight is 1210 g/mol. The summed E-state index contributed by atoms with van der Waals surface area (Å²) >= 11 is 28.7. The largest absolute Gasteiger partial charge is 0.487 e. The lowest BCUT2D eigenvalue weighted by Crippen LogP contribution is -1.96. The number of hydrogen-bond donors (Lipinski definition) is 0. The van der Waals surface area contributed by atoms with E-state index in [2.05, 4.69) is 165 Å². The third-order valence-electron chi connectivity index (χ3n) is 6.37. The predicted molar refractivity (Wildman–Crippen MR) is 241 cm³/mol. The Hall–Kier alpha value is -1.12. The Bertz CT molecular complexity index is 1710. The Balaban J connectivity index is 0.000000277. The fraction of sp³-hybridized carbons (Fsp3) is 0.179. The summed E-state index contributed by atoms with van der Waals surface area (Å²) in [5.41, 5.74) is 6.60. The molecule has 0 aromatic heterocycles. The molecule has 0 N–H and O–H groups in total. The van der Waals surface area contributed by atoms with Gasteiger partial charge in [0.15, 0.2) is 11.5 Å². The summed E-state index contributed by atoms with van der Waals surface area (Å²) in [6, 6.07) is 16.4. The second-order valence-corrected chi connectivity index (χ2v) is 18.2. The van der Waals surface area contributed by atoms with Gasteiger partial charge in [0.2, 0.25) is 0 Å². The fourth-order valence-electron chi connectivity index (χ4n) is 4.26. The molecule has 0 atom stereocenters. The van der Waals surface area contributed by atoms with E-state index in [1.54, 1.807) is 24.7 Å². The summed E-state index contributed by atoms with van der Waals surface area (Å²) in [5, 5.41) is 0. The van der Waals surface area contributed by atoms with Gasteiger partial charge in [0.1, 0.15) is 24.7 Å². The molecule has 0 fully saturated rings. The van der Waals surface area contributed by atoms with Crippen molar-refractivity contribution < 1.29 is 18.9 Å². The van der Waals surface area contributed by atoms with Crippen LogP contribution in [0.5, 0.6) is 23.0 Å². The molecule has 4 aromatic carbocycles. The Morgan fingerprint density at radius 1 is 0.471 bits per heavy atom. The molecule has 4 rings (SSSR count). The average Bonchev–Trinajstić information content (AvgIpc) is 3.03. The second-order valence-electron chi connectivity index (χ2n) is 11.3. The van der Waals surface area contributed by atoms with E-state index >= 15 is 0 Å². The SMILES string of the molecule is C=CCOc1c(Br)cc(-c2cc(Br)c(OCC=C)c(Br)c2)cc1Br.CC(C)=COc1c(Br)cc(Cc2cc(Br)c(OC=C(C)C)c(Br)c2)cc1Br. The lowest BCUT2D eigenvalue weighted by Gasteiger charge is -2.14. The smallest absolute Gasteiger partial charge is 0.154 e. The lowest BCUT2D eigenvalue weighted by molar-refractivity contribution is 0.358. The third-order valence-corrected chi connectivity index (χ3v) is 11.1. The van der Waals surface area contributed by atoms with Crippen LogP contribution in [0.3, 0.4) is 0 Å². The van der Waals surface area contributed by atoms with Crippen molar-refractivity contribution in [3.8, 4) is 34.1 Å². The third kappa shape index (κ3) is 13.6. The van der Waals surface area contributed by atoms with Gasteiger partial charge in [-0.3, -0.25) is 0 Å². The molecule has 51 heavy (non-hydrogen) atoms. The zero-order chi connectivity index (χ0) is 37.8. The van der Waals surface area contributed by atoms with Crippen molar-refractivity contribution in [2.75, 3.05) is 13.2 Å². The zero-order valence-electron chi connectivity index (χ0n) is 28.1. The van der Waals surface area contributed by atoms with Crippen molar-refractivity contribution in [3.05, 3.63) is 144 Å². The van der Waals surface area contributed by atoms with Gasteiger partial charge in [-0.25, -0.2) is 0 Å². The molecule has 0 unspecified atom stereocenters. The van der Waals surface area contributed by atoms with Gasteiger partial charge in [-0.05, 0) is 243 Å². The van der Waals surface area contributed by atoms with Crippen molar-refractivity contribution in [2.45, 2.75) is 34.1 Å². The molecule has 0 saturated heterocycles. The maximum absolute atomic E-state index is 5.74. The van der Waals surface area contributed by atoms with Crippen LogP contribution in [0.4, 0.5) is 0 Å². The topological polar surface area (TPSA) is 36.9 Å². The highest BCUT2D eigenvalue weighted by Gasteiger charge is 2.15. The summed E-state index contributed by atoms with van der Waals surface area (Å²) in [4.78, 5) is 0. The monoisotopic (exact) mass is 1200 g/mol. The molecule has 12 heteroatoms. The molecule has 0 bridgehead atoms. The maximum atomic E-state index is 5.74. The predicted octanol–water partition coefficient (Wildman–Crippen LogP) is 16.5. The number of halogens is 8. The molecule has 270 valence electrons. The molecule has 0 radical (unpaired) electrons. The molecular weight excluding hydrogens is 1170 g/mol. The van der Waals surface area contributed by atoms with Crippen LogP contribution in [0.2, 0.25) is 0 Å². The van der Waals surface area contributed by atoms with Gasteiger partial charge in [0, 0.05) is 0 Å². The van der Waals surface area contributed by atoms with E-state index in [9.17, 15) is 0 Å². The van der Waals surface area contributed by atoms with Crippen molar-refractivity contribution >= 4 is 127 Å². The zero-order valence-corrected chi connectivity index (χ0v) is 40.8. The van der Waals surface area contributed by atoms with Crippen LogP contribution in [0.15, 0.2) is 133 Å². The normalized spacial score (nSPS) is 10.4. The fourth-order valence-corrected chi connectivity index (χ4v) is 10.0. The standard InChI is InChI=1S/C21H20Br4O2.C18H14Br4O2/c1-12(2)10-26-20-16(22)6-14(7-17(20)23)5-15-8-18(24)21(19(25)9-15)27-11-13(3)4;1-3-5-23-17-13(19)7-11(8-14(17)20)12-9-15(21)18(16(22)10-12)24-6-4-2/h6-11H,5H2,1-4H3;3-4,7-10H,1-2,5-6H2. The molecule has 0 aliphatic heterocycles. The Morgan fingerprint density at radius 3 is 1.00 bits per heavy atom. The quantitative estimate of drug-likeness (QED) is 0.0987. The van der Waals surface area contributed by atoms with Crippen LogP contribution < -0.4 is 18.9 Å². The summed E-state index contributed by atoms with van der Waals surface area (Å²) in [6.07, 6.45) is 7.68. The van der Waals surface area contributed by atoms with Gasteiger partial charge in [-0.15, -0.1) is 0 Å². The van der Waals surface area contributed by atoms with Crippen molar-refractivity contribution in [2.24, 2.45) is 0 Å². The minimum atomic E-state index is 0.447. The maximum Gasteiger partial charge on any atom is 0.154 e. The minimum absolute atomic E-state index is 0.447. The number of rotatable bonds is 13. The molecule has 0 amide bonds. The highest BCUT2D eigenvalue weighted by Crippen LogP contribution is 2.42. The van der Waals surface area contributed by atoms with Gasteiger partial charge in [-0.2, -0.15) is 0 Å². The molecule has 0 aliphatic rings. The molecule has 4 nitrogen and oxygen atoms in total. The first-order valence-corrected chi connectivity index (χ1v) is 21.5. The highest BCUT2D eigenvalue weighted by molar-refractivity contribution is 9.12. The molecule has 0 spiro atoms. The van der Waals surface area contributed by atoms with Gasteiger partial charge in [0.25, 0.3) is 0 Å². The van der Waals surface area contributed by atoms with E-state index in [-0.39, 0.29) is 0 Å². The molecule has 0 saturated carbocycles. The van der Waals surface area contributed by atoms with E-state index in [0.29, 0.717) is 13.2 Å². The van der Waals surface area contributed by atoms with E-state index in [0.717, 1.165) is 98.6 Å². The van der Waals surface area contributed by atoms with Gasteiger partial charge < -0.3 is 18.9 Å². The summed E-state index contributed by atoms with van der Waals surface area (Å²) in [5.74, 6) is 3.05. The Kier molecular flexibility index (Phi) is 18.8. The summed E-state index contributed by atoms with van der Waals surface area (Å²) in [7, 11) is 0. The Labute approximate surface area is 368 Å². The van der Waals surface area contributed by atoms with E-state index in [1.165, 1.54) is 0 Å². The molecule has 4 aromatic rings. The van der Waals surface area contributed by atoms with Crippen LogP contribution in [-0.2, 0) is 6.42 Å². The van der Waals surface area contributed by atoms with Crippen molar-refractivity contribution in [3.63, 3.8) is 0 Å². The van der Waals surface area contributed by atoms with Crippen LogP contribution in [0.1, 0.15) is 38.8 Å². The Morgan fingerprint density at radius 2 is 0.745 bits per heavy atom. The van der Waals surface area contributed by atoms with Gasteiger partial charge >= 0.3 is 0 Å². The van der Waals surface area contributed by atoms with Crippen LogP contribution in [0, 0.1) is 0 Å². The lowest BCUT2D eigenvalue weighted by atomic mass is 10.0. The van der Waals surface area contributed by atoms with Crippen LogP contribution in [-0.4, -0.2) is 13.2 Å². The van der Waals surface area contributed by atoms with Crippen molar-refractivity contribution in [1.82, 2.24) is 0 Å². The van der Waals surface area contributed by atoms with Crippen LogP contribution >= 0.6 is 127 Å². The van der Waals surface area contributed by atoms with E-state index in [4.69, 9.17) is 18.9 Å². The first-order chi connectivity index (χ1) is 24.1. The number of allylic oxidation sites excluding steroid dienone is 2.